The van der Waals surface area contributed by atoms with Crippen LogP contribution < -0.4 is 10.6 Å². The van der Waals surface area contributed by atoms with Crippen LogP contribution in [0.1, 0.15) is 90.9 Å². The molecule has 0 aromatic carbocycles. The van der Waals surface area contributed by atoms with Gasteiger partial charge in [-0.05, 0) is 25.7 Å². The molecule has 4 N–H and O–H groups in total. The van der Waals surface area contributed by atoms with Crippen molar-refractivity contribution in [1.29, 1.82) is 0 Å². The number of quaternary nitrogens is 2. The van der Waals surface area contributed by atoms with Crippen molar-refractivity contribution >= 4 is 0 Å². The van der Waals surface area contributed by atoms with E-state index in [0.29, 0.717) is 0 Å². The van der Waals surface area contributed by atoms with Gasteiger partial charge in [0, 0.05) is 0 Å². The molecule has 0 aliphatic carbocycles. The highest BCUT2D eigenvalue weighted by Crippen LogP contribution is 2.04. The van der Waals surface area contributed by atoms with Crippen LogP contribution >= 0.6 is 0 Å². The Morgan fingerprint density at radius 2 is 0.808 bits per heavy atom. The van der Waals surface area contributed by atoms with Crippen LogP contribution in [0.25, 0.3) is 0 Å². The zero-order chi connectivity index (χ0) is 19.0. The average Bonchev–Trinajstić information content (AvgIpc) is 2.66. The molecule has 0 amide bonds. The van der Waals surface area contributed by atoms with Crippen LogP contribution in [0.2, 0.25) is 0 Å². The molecule has 0 aromatic heterocycles. The number of ether oxygens (including phenoxy) is 2. The molecule has 0 aliphatic rings. The standard InChI is InChI=1S/C22H48N2O2/c1-3-5-7-9-11-13-15-23-17-19-25-21-22-26-20-18-24-16-14-12-10-8-6-4-2/h23-24H,3-22H2,1-2H3/p+2. The lowest BCUT2D eigenvalue weighted by atomic mass is 10.1. The summed E-state index contributed by atoms with van der Waals surface area (Å²) in [5, 5.41) is 4.77. The molecular weight excluding hydrogens is 324 g/mol. The lowest BCUT2D eigenvalue weighted by Gasteiger charge is -2.06. The van der Waals surface area contributed by atoms with E-state index in [4.69, 9.17) is 9.47 Å². The summed E-state index contributed by atoms with van der Waals surface area (Å²) in [5.74, 6) is 0. The number of hydrogen-bond donors (Lipinski definition) is 2. The Kier molecular flexibility index (Phi) is 24.7. The first-order valence-corrected chi connectivity index (χ1v) is 11.7. The molecule has 0 spiro atoms. The van der Waals surface area contributed by atoms with Crippen molar-refractivity contribution in [2.24, 2.45) is 0 Å². The van der Waals surface area contributed by atoms with E-state index in [-0.39, 0.29) is 0 Å². The second-order valence-electron chi connectivity index (χ2n) is 7.49. The monoisotopic (exact) mass is 374 g/mol. The van der Waals surface area contributed by atoms with Crippen LogP contribution in [-0.4, -0.2) is 52.6 Å². The van der Waals surface area contributed by atoms with E-state index in [1.807, 2.05) is 0 Å². The lowest BCUT2D eigenvalue weighted by Crippen LogP contribution is -2.85. The minimum Gasteiger partial charge on any atom is -0.373 e. The minimum absolute atomic E-state index is 0.738. The molecule has 0 bridgehead atoms. The molecule has 0 atom stereocenters. The summed E-state index contributed by atoms with van der Waals surface area (Å²) in [6.45, 7) is 12.4. The Labute approximate surface area is 164 Å². The van der Waals surface area contributed by atoms with Gasteiger partial charge in [-0.2, -0.15) is 0 Å². The zero-order valence-corrected chi connectivity index (χ0v) is 18.1. The van der Waals surface area contributed by atoms with Crippen molar-refractivity contribution in [3.63, 3.8) is 0 Å². The molecule has 4 heteroatoms. The van der Waals surface area contributed by atoms with Gasteiger partial charge < -0.3 is 20.1 Å². The van der Waals surface area contributed by atoms with Gasteiger partial charge in [-0.3, -0.25) is 0 Å². The van der Waals surface area contributed by atoms with Gasteiger partial charge >= 0.3 is 0 Å². The molecule has 0 aliphatic heterocycles. The molecule has 0 saturated carbocycles. The molecule has 0 radical (unpaired) electrons. The predicted octanol–water partition coefficient (Wildman–Crippen LogP) is 2.87. The third kappa shape index (κ3) is 23.8. The number of nitrogens with two attached hydrogens (primary N) is 2. The van der Waals surface area contributed by atoms with Gasteiger partial charge in [-0.15, -0.1) is 0 Å². The van der Waals surface area contributed by atoms with E-state index >= 15 is 0 Å². The summed E-state index contributed by atoms with van der Waals surface area (Å²) >= 11 is 0. The first-order valence-electron chi connectivity index (χ1n) is 11.7. The van der Waals surface area contributed by atoms with Crippen LogP contribution in [0.5, 0.6) is 0 Å². The second-order valence-corrected chi connectivity index (χ2v) is 7.49. The van der Waals surface area contributed by atoms with Gasteiger partial charge in [-0.25, -0.2) is 0 Å². The van der Waals surface area contributed by atoms with E-state index < -0.39 is 0 Å². The Balaban J connectivity index is 2.95. The highest BCUT2D eigenvalue weighted by molar-refractivity contribution is 4.43. The van der Waals surface area contributed by atoms with Crippen molar-refractivity contribution < 1.29 is 20.1 Å². The maximum absolute atomic E-state index is 5.62. The Morgan fingerprint density at radius 1 is 0.423 bits per heavy atom. The fraction of sp³-hybridized carbons (Fsp3) is 1.00. The number of unbranched alkanes of at least 4 members (excludes halogenated alkanes) is 10. The predicted molar refractivity (Wildman–Crippen MR) is 112 cm³/mol. The van der Waals surface area contributed by atoms with E-state index in [2.05, 4.69) is 24.5 Å². The van der Waals surface area contributed by atoms with Crippen molar-refractivity contribution in [3.05, 3.63) is 0 Å². The van der Waals surface area contributed by atoms with Crippen molar-refractivity contribution in [2.45, 2.75) is 90.9 Å². The summed E-state index contributed by atoms with van der Waals surface area (Å²) in [6.07, 6.45) is 16.6. The summed E-state index contributed by atoms with van der Waals surface area (Å²) in [5.41, 5.74) is 0. The first kappa shape index (κ1) is 25.8. The topological polar surface area (TPSA) is 51.7 Å². The first-order chi connectivity index (χ1) is 12.9. The Hall–Kier alpha value is -0.160. The largest absolute Gasteiger partial charge is 0.373 e. The quantitative estimate of drug-likeness (QED) is 0.270. The van der Waals surface area contributed by atoms with Crippen LogP contribution in [0.15, 0.2) is 0 Å². The second kappa shape index (κ2) is 24.8. The molecule has 0 rings (SSSR count). The Bertz CT molecular complexity index is 216. The van der Waals surface area contributed by atoms with Gasteiger partial charge in [0.05, 0.1) is 52.6 Å². The van der Waals surface area contributed by atoms with E-state index in [0.717, 1.165) is 39.5 Å². The van der Waals surface area contributed by atoms with Crippen LogP contribution in [0.3, 0.4) is 0 Å². The summed E-state index contributed by atoms with van der Waals surface area (Å²) in [6, 6.07) is 0. The maximum atomic E-state index is 5.62. The Morgan fingerprint density at radius 3 is 1.23 bits per heavy atom. The summed E-state index contributed by atoms with van der Waals surface area (Å²) in [4.78, 5) is 0. The van der Waals surface area contributed by atoms with Gasteiger partial charge in [0.1, 0.15) is 0 Å². The smallest absolute Gasteiger partial charge is 0.0993 e. The SMILES string of the molecule is CCCCCCCC[NH2+]CCOCCOCC[NH2+]CCCCCCCC. The van der Waals surface area contributed by atoms with Gasteiger partial charge in [-0.1, -0.05) is 65.2 Å². The van der Waals surface area contributed by atoms with Crippen LogP contribution in [-0.2, 0) is 9.47 Å². The molecule has 26 heavy (non-hydrogen) atoms. The van der Waals surface area contributed by atoms with Gasteiger partial charge in [0.15, 0.2) is 0 Å². The van der Waals surface area contributed by atoms with Crippen molar-refractivity contribution in [1.82, 2.24) is 0 Å². The number of hydrogen-bond acceptors (Lipinski definition) is 2. The minimum atomic E-state index is 0.738. The number of rotatable bonds is 23. The van der Waals surface area contributed by atoms with Crippen LogP contribution in [0, 0.1) is 0 Å². The fourth-order valence-electron chi connectivity index (χ4n) is 3.08. The molecule has 0 saturated heterocycles. The molecular formula is C22H50N2O2+2. The van der Waals surface area contributed by atoms with Gasteiger partial charge in [0.25, 0.3) is 0 Å². The molecule has 0 aromatic rings. The fourth-order valence-corrected chi connectivity index (χ4v) is 3.08. The third-order valence-corrected chi connectivity index (χ3v) is 4.83. The molecule has 0 heterocycles. The maximum Gasteiger partial charge on any atom is 0.0993 e. The van der Waals surface area contributed by atoms with Crippen LogP contribution in [0.4, 0.5) is 0 Å². The van der Waals surface area contributed by atoms with Gasteiger partial charge in [0.2, 0.25) is 0 Å². The molecule has 4 nitrogen and oxygen atoms in total. The normalized spacial score (nSPS) is 11.3. The highest BCUT2D eigenvalue weighted by Gasteiger charge is 1.96. The molecule has 0 unspecified atom stereocenters. The lowest BCUT2D eigenvalue weighted by molar-refractivity contribution is -0.657. The zero-order valence-electron chi connectivity index (χ0n) is 18.1. The summed E-state index contributed by atoms with van der Waals surface area (Å²) < 4.78 is 11.2. The van der Waals surface area contributed by atoms with E-state index in [1.165, 1.54) is 90.1 Å². The summed E-state index contributed by atoms with van der Waals surface area (Å²) in [7, 11) is 0. The third-order valence-electron chi connectivity index (χ3n) is 4.83. The average molecular weight is 375 g/mol. The highest BCUT2D eigenvalue weighted by atomic mass is 16.5. The molecule has 0 fully saturated rings. The van der Waals surface area contributed by atoms with E-state index in [9.17, 15) is 0 Å². The van der Waals surface area contributed by atoms with Crippen molar-refractivity contribution in [3.8, 4) is 0 Å². The van der Waals surface area contributed by atoms with Crippen molar-refractivity contribution in [2.75, 3.05) is 52.6 Å². The molecule has 158 valence electrons. The van der Waals surface area contributed by atoms with E-state index in [1.54, 1.807) is 0 Å².